The Bertz CT molecular complexity index is 640. The molecule has 2 rings (SSSR count). The SMILES string of the molecule is CCCCOc1ccc(NC(=O)COc2ccccc2OC)cc1. The maximum absolute atomic E-state index is 12.0. The van der Waals surface area contributed by atoms with Crippen molar-refractivity contribution in [2.45, 2.75) is 19.8 Å². The third-order valence-corrected chi connectivity index (χ3v) is 3.33. The summed E-state index contributed by atoms with van der Waals surface area (Å²) < 4.78 is 16.3. The highest BCUT2D eigenvalue weighted by molar-refractivity contribution is 5.91. The summed E-state index contributed by atoms with van der Waals surface area (Å²) in [4.78, 5) is 12.0. The lowest BCUT2D eigenvalue weighted by Gasteiger charge is -2.11. The molecular weight excluding hydrogens is 306 g/mol. The van der Waals surface area contributed by atoms with Crippen molar-refractivity contribution < 1.29 is 19.0 Å². The summed E-state index contributed by atoms with van der Waals surface area (Å²) in [6.07, 6.45) is 2.12. The van der Waals surface area contributed by atoms with Crippen molar-refractivity contribution in [1.29, 1.82) is 0 Å². The monoisotopic (exact) mass is 329 g/mol. The fourth-order valence-corrected chi connectivity index (χ4v) is 2.05. The Morgan fingerprint density at radius 2 is 1.71 bits per heavy atom. The van der Waals surface area contributed by atoms with Gasteiger partial charge in [0.1, 0.15) is 5.75 Å². The van der Waals surface area contributed by atoms with Gasteiger partial charge in [0.25, 0.3) is 5.91 Å². The van der Waals surface area contributed by atoms with Crippen LogP contribution in [-0.4, -0.2) is 26.2 Å². The van der Waals surface area contributed by atoms with Gasteiger partial charge in [-0.2, -0.15) is 0 Å². The molecule has 2 aromatic rings. The lowest BCUT2D eigenvalue weighted by Crippen LogP contribution is -2.20. The number of carbonyl (C=O) groups is 1. The van der Waals surface area contributed by atoms with Crippen LogP contribution in [0.2, 0.25) is 0 Å². The molecule has 2 aromatic carbocycles. The molecule has 5 heteroatoms. The topological polar surface area (TPSA) is 56.8 Å². The van der Waals surface area contributed by atoms with Gasteiger partial charge in [0.2, 0.25) is 0 Å². The standard InChI is InChI=1S/C19H23NO4/c1-3-4-13-23-16-11-9-15(10-12-16)20-19(21)14-24-18-8-6-5-7-17(18)22-2/h5-12H,3-4,13-14H2,1-2H3,(H,20,21). The van der Waals surface area contributed by atoms with E-state index in [-0.39, 0.29) is 12.5 Å². The molecule has 0 aromatic heterocycles. The van der Waals surface area contributed by atoms with Crippen molar-refractivity contribution in [3.05, 3.63) is 48.5 Å². The highest BCUT2D eigenvalue weighted by Gasteiger charge is 2.07. The van der Waals surface area contributed by atoms with Gasteiger partial charge < -0.3 is 19.5 Å². The van der Waals surface area contributed by atoms with Gasteiger partial charge in [-0.3, -0.25) is 4.79 Å². The number of unbranched alkanes of at least 4 members (excludes halogenated alkanes) is 1. The van der Waals surface area contributed by atoms with Gasteiger partial charge in [-0.05, 0) is 42.8 Å². The summed E-state index contributed by atoms with van der Waals surface area (Å²) in [6, 6.07) is 14.5. The number of ether oxygens (including phenoxy) is 3. The molecule has 0 atom stereocenters. The molecule has 1 N–H and O–H groups in total. The summed E-state index contributed by atoms with van der Waals surface area (Å²) in [6.45, 7) is 2.74. The number of nitrogens with one attached hydrogen (secondary N) is 1. The molecule has 0 aliphatic rings. The van der Waals surface area contributed by atoms with E-state index in [0.29, 0.717) is 23.8 Å². The molecule has 0 saturated heterocycles. The lowest BCUT2D eigenvalue weighted by molar-refractivity contribution is -0.118. The minimum Gasteiger partial charge on any atom is -0.494 e. The average molecular weight is 329 g/mol. The van der Waals surface area contributed by atoms with Crippen molar-refractivity contribution >= 4 is 11.6 Å². The molecule has 5 nitrogen and oxygen atoms in total. The zero-order valence-electron chi connectivity index (χ0n) is 14.1. The van der Waals surface area contributed by atoms with Crippen LogP contribution in [0.5, 0.6) is 17.2 Å². The molecule has 128 valence electrons. The maximum atomic E-state index is 12.0. The average Bonchev–Trinajstić information content (AvgIpc) is 2.62. The minimum absolute atomic E-state index is 0.0882. The van der Waals surface area contributed by atoms with E-state index in [4.69, 9.17) is 14.2 Å². The van der Waals surface area contributed by atoms with E-state index in [2.05, 4.69) is 12.2 Å². The summed E-state index contributed by atoms with van der Waals surface area (Å²) in [5.41, 5.74) is 0.700. The summed E-state index contributed by atoms with van der Waals surface area (Å²) >= 11 is 0. The number of methoxy groups -OCH3 is 1. The second kappa shape index (κ2) is 9.45. The van der Waals surface area contributed by atoms with Crippen LogP contribution in [0.25, 0.3) is 0 Å². The van der Waals surface area contributed by atoms with Gasteiger partial charge in [-0.15, -0.1) is 0 Å². The molecule has 0 unspecified atom stereocenters. The van der Waals surface area contributed by atoms with Crippen LogP contribution in [0, 0.1) is 0 Å². The normalized spacial score (nSPS) is 10.1. The van der Waals surface area contributed by atoms with Gasteiger partial charge in [0, 0.05) is 5.69 Å². The van der Waals surface area contributed by atoms with E-state index in [0.717, 1.165) is 18.6 Å². The molecule has 0 heterocycles. The fraction of sp³-hybridized carbons (Fsp3) is 0.316. The van der Waals surface area contributed by atoms with Gasteiger partial charge in [-0.25, -0.2) is 0 Å². The molecule has 0 aliphatic carbocycles. The Balaban J connectivity index is 1.81. The smallest absolute Gasteiger partial charge is 0.262 e. The van der Waals surface area contributed by atoms with Gasteiger partial charge in [0.05, 0.1) is 13.7 Å². The maximum Gasteiger partial charge on any atom is 0.262 e. The van der Waals surface area contributed by atoms with Crippen molar-refractivity contribution in [3.8, 4) is 17.2 Å². The Kier molecular flexibility index (Phi) is 6.95. The second-order valence-corrected chi connectivity index (χ2v) is 5.21. The third kappa shape index (κ3) is 5.50. The van der Waals surface area contributed by atoms with Crippen LogP contribution in [0.15, 0.2) is 48.5 Å². The van der Waals surface area contributed by atoms with E-state index in [1.54, 1.807) is 19.2 Å². The zero-order valence-corrected chi connectivity index (χ0v) is 14.1. The number of anilines is 1. The van der Waals surface area contributed by atoms with Crippen molar-refractivity contribution in [2.24, 2.45) is 0 Å². The highest BCUT2D eigenvalue weighted by Crippen LogP contribution is 2.25. The molecule has 0 fully saturated rings. The van der Waals surface area contributed by atoms with Crippen LogP contribution in [0.1, 0.15) is 19.8 Å². The van der Waals surface area contributed by atoms with Crippen molar-refractivity contribution in [1.82, 2.24) is 0 Å². The second-order valence-electron chi connectivity index (χ2n) is 5.21. The van der Waals surface area contributed by atoms with Crippen LogP contribution in [-0.2, 0) is 4.79 Å². The third-order valence-electron chi connectivity index (χ3n) is 3.33. The van der Waals surface area contributed by atoms with Gasteiger partial charge in [0.15, 0.2) is 18.1 Å². The summed E-state index contributed by atoms with van der Waals surface area (Å²) in [5.74, 6) is 1.70. The Morgan fingerprint density at radius 1 is 1.00 bits per heavy atom. The van der Waals surface area contributed by atoms with Crippen LogP contribution < -0.4 is 19.5 Å². The Hall–Kier alpha value is -2.69. The molecule has 0 aliphatic heterocycles. The number of rotatable bonds is 9. The predicted octanol–water partition coefficient (Wildman–Crippen LogP) is 3.89. The summed E-state index contributed by atoms with van der Waals surface area (Å²) in [5, 5.41) is 2.78. The molecule has 0 saturated carbocycles. The zero-order chi connectivity index (χ0) is 17.2. The molecular formula is C19H23NO4. The quantitative estimate of drug-likeness (QED) is 0.709. The van der Waals surface area contributed by atoms with E-state index < -0.39 is 0 Å². The molecule has 1 amide bonds. The minimum atomic E-state index is -0.236. The van der Waals surface area contributed by atoms with E-state index in [1.807, 2.05) is 36.4 Å². The highest BCUT2D eigenvalue weighted by atomic mass is 16.5. The van der Waals surface area contributed by atoms with E-state index >= 15 is 0 Å². The van der Waals surface area contributed by atoms with Crippen molar-refractivity contribution in [3.63, 3.8) is 0 Å². The number of benzene rings is 2. The van der Waals surface area contributed by atoms with Gasteiger partial charge >= 0.3 is 0 Å². The fourth-order valence-electron chi connectivity index (χ4n) is 2.05. The van der Waals surface area contributed by atoms with E-state index in [9.17, 15) is 4.79 Å². The first-order valence-electron chi connectivity index (χ1n) is 8.01. The number of carbonyl (C=O) groups excluding carboxylic acids is 1. The first-order valence-corrected chi connectivity index (χ1v) is 8.01. The van der Waals surface area contributed by atoms with Crippen LogP contribution >= 0.6 is 0 Å². The van der Waals surface area contributed by atoms with Gasteiger partial charge in [-0.1, -0.05) is 25.5 Å². The number of hydrogen-bond donors (Lipinski definition) is 1. The molecule has 0 bridgehead atoms. The van der Waals surface area contributed by atoms with Crippen molar-refractivity contribution in [2.75, 3.05) is 25.6 Å². The lowest BCUT2D eigenvalue weighted by atomic mass is 10.3. The number of hydrogen-bond acceptors (Lipinski definition) is 4. The Labute approximate surface area is 142 Å². The number of amides is 1. The predicted molar refractivity (Wildman–Crippen MR) is 94.0 cm³/mol. The molecule has 0 spiro atoms. The molecule has 24 heavy (non-hydrogen) atoms. The first kappa shape index (κ1) is 17.7. The van der Waals surface area contributed by atoms with Crippen LogP contribution in [0.4, 0.5) is 5.69 Å². The van der Waals surface area contributed by atoms with E-state index in [1.165, 1.54) is 0 Å². The number of para-hydroxylation sites is 2. The Morgan fingerprint density at radius 3 is 2.38 bits per heavy atom. The summed E-state index contributed by atoms with van der Waals surface area (Å²) in [7, 11) is 1.56. The first-order chi connectivity index (χ1) is 11.7. The molecule has 0 radical (unpaired) electrons. The largest absolute Gasteiger partial charge is 0.494 e. The van der Waals surface area contributed by atoms with Crippen LogP contribution in [0.3, 0.4) is 0 Å².